The molecule has 6 heteroatoms. The van der Waals surface area contributed by atoms with Crippen LogP contribution in [0.25, 0.3) is 0 Å². The average molecular weight is 258 g/mol. The number of aromatic nitrogens is 2. The van der Waals surface area contributed by atoms with Crippen molar-refractivity contribution in [3.8, 4) is 5.75 Å². The average Bonchev–Trinajstić information content (AvgIpc) is 2.46. The van der Waals surface area contributed by atoms with E-state index in [1.54, 1.807) is 24.3 Å². The largest absolute Gasteiger partial charge is 0.492 e. The van der Waals surface area contributed by atoms with Gasteiger partial charge in [-0.25, -0.2) is 4.98 Å². The van der Waals surface area contributed by atoms with Crippen LogP contribution in [-0.4, -0.2) is 29.0 Å². The molecule has 0 saturated carbocycles. The maximum absolute atomic E-state index is 11.9. The summed E-state index contributed by atoms with van der Waals surface area (Å²) in [7, 11) is 0. The Morgan fingerprint density at radius 3 is 3.00 bits per heavy atom. The lowest BCUT2D eigenvalue weighted by molar-refractivity contribution is 0.102. The molecule has 1 aromatic heterocycles. The zero-order valence-electron chi connectivity index (χ0n) is 10.2. The molecule has 0 saturated heterocycles. The molecule has 0 unspecified atom stereocenters. The van der Waals surface area contributed by atoms with Crippen molar-refractivity contribution in [3.05, 3.63) is 48.5 Å². The summed E-state index contributed by atoms with van der Waals surface area (Å²) in [5.41, 5.74) is 6.25. The van der Waals surface area contributed by atoms with Gasteiger partial charge in [0.2, 0.25) is 0 Å². The maximum atomic E-state index is 11.9. The van der Waals surface area contributed by atoms with Crippen LogP contribution in [0.15, 0.2) is 42.9 Å². The molecule has 2 rings (SSSR count). The molecule has 0 radical (unpaired) electrons. The van der Waals surface area contributed by atoms with Crippen molar-refractivity contribution >= 4 is 11.6 Å². The van der Waals surface area contributed by atoms with Gasteiger partial charge in [0.25, 0.3) is 5.91 Å². The van der Waals surface area contributed by atoms with Crippen molar-refractivity contribution in [2.24, 2.45) is 5.73 Å². The second kappa shape index (κ2) is 6.46. The molecule has 0 spiro atoms. The highest BCUT2D eigenvalue weighted by Crippen LogP contribution is 2.17. The summed E-state index contributed by atoms with van der Waals surface area (Å²) in [6.07, 6.45) is 4.39. The van der Waals surface area contributed by atoms with E-state index >= 15 is 0 Å². The minimum atomic E-state index is -0.316. The van der Waals surface area contributed by atoms with E-state index < -0.39 is 0 Å². The van der Waals surface area contributed by atoms with Crippen LogP contribution in [0, 0.1) is 0 Å². The summed E-state index contributed by atoms with van der Waals surface area (Å²) < 4.78 is 5.38. The molecule has 98 valence electrons. The lowest BCUT2D eigenvalue weighted by Gasteiger charge is -2.08. The van der Waals surface area contributed by atoms with Crippen molar-refractivity contribution in [3.63, 3.8) is 0 Å². The molecule has 1 heterocycles. The van der Waals surface area contributed by atoms with Gasteiger partial charge in [-0.15, -0.1) is 0 Å². The molecule has 3 N–H and O–H groups in total. The number of benzene rings is 1. The van der Waals surface area contributed by atoms with Gasteiger partial charge in [-0.2, -0.15) is 0 Å². The molecule has 6 nitrogen and oxygen atoms in total. The van der Waals surface area contributed by atoms with E-state index in [1.165, 1.54) is 18.6 Å². The first-order valence-corrected chi connectivity index (χ1v) is 5.80. The first-order chi connectivity index (χ1) is 9.29. The third-order valence-corrected chi connectivity index (χ3v) is 2.27. The summed E-state index contributed by atoms with van der Waals surface area (Å²) in [4.78, 5) is 19.6. The van der Waals surface area contributed by atoms with Crippen LogP contribution in [0.5, 0.6) is 5.75 Å². The van der Waals surface area contributed by atoms with E-state index in [2.05, 4.69) is 15.3 Å². The molecule has 0 aliphatic heterocycles. The van der Waals surface area contributed by atoms with Gasteiger partial charge in [0, 0.05) is 30.7 Å². The van der Waals surface area contributed by atoms with E-state index in [4.69, 9.17) is 10.5 Å². The number of rotatable bonds is 5. The Hall–Kier alpha value is -2.47. The van der Waals surface area contributed by atoms with Crippen LogP contribution >= 0.6 is 0 Å². The lowest BCUT2D eigenvalue weighted by atomic mass is 10.3. The Labute approximate surface area is 110 Å². The summed E-state index contributed by atoms with van der Waals surface area (Å²) in [5.74, 6) is 0.339. The van der Waals surface area contributed by atoms with E-state index in [9.17, 15) is 4.79 Å². The normalized spacial score (nSPS) is 9.95. The number of ether oxygens (including phenoxy) is 1. The summed E-state index contributed by atoms with van der Waals surface area (Å²) in [6.45, 7) is 0.873. The number of nitrogens with zero attached hydrogens (tertiary/aromatic N) is 2. The van der Waals surface area contributed by atoms with Crippen LogP contribution in [0.4, 0.5) is 5.69 Å². The van der Waals surface area contributed by atoms with Crippen LogP contribution in [0.1, 0.15) is 10.5 Å². The molecule has 0 fully saturated rings. The highest BCUT2D eigenvalue weighted by molar-refractivity contribution is 6.02. The Bertz CT molecular complexity index is 545. The molecular weight excluding hydrogens is 244 g/mol. The number of nitrogens with two attached hydrogens (primary N) is 1. The van der Waals surface area contributed by atoms with E-state index in [0.29, 0.717) is 24.6 Å². The van der Waals surface area contributed by atoms with Crippen molar-refractivity contribution in [1.29, 1.82) is 0 Å². The van der Waals surface area contributed by atoms with Crippen molar-refractivity contribution in [1.82, 2.24) is 9.97 Å². The second-order valence-electron chi connectivity index (χ2n) is 3.71. The van der Waals surface area contributed by atoms with Gasteiger partial charge in [-0.1, -0.05) is 6.07 Å². The lowest BCUT2D eigenvalue weighted by Crippen LogP contribution is -2.14. The Kier molecular flexibility index (Phi) is 4.41. The molecule has 1 amide bonds. The number of carbonyl (C=O) groups is 1. The standard InChI is InChI=1S/C13H14N4O2/c14-4-7-19-11-3-1-2-10(8-11)17-13(18)12-9-15-5-6-16-12/h1-3,5-6,8-9H,4,7,14H2,(H,17,18). The SMILES string of the molecule is NCCOc1cccc(NC(=O)c2cnccn2)c1. The molecule has 19 heavy (non-hydrogen) atoms. The van der Waals surface area contributed by atoms with Gasteiger partial charge in [0.15, 0.2) is 0 Å². The number of nitrogens with one attached hydrogen (secondary N) is 1. The third kappa shape index (κ3) is 3.75. The molecule has 2 aromatic rings. The quantitative estimate of drug-likeness (QED) is 0.837. The monoisotopic (exact) mass is 258 g/mol. The van der Waals surface area contributed by atoms with Crippen LogP contribution < -0.4 is 15.8 Å². The Morgan fingerprint density at radius 2 is 2.26 bits per heavy atom. The highest BCUT2D eigenvalue weighted by Gasteiger charge is 2.07. The van der Waals surface area contributed by atoms with Gasteiger partial charge in [-0.3, -0.25) is 9.78 Å². The minimum absolute atomic E-state index is 0.260. The van der Waals surface area contributed by atoms with Crippen molar-refractivity contribution in [2.45, 2.75) is 0 Å². The van der Waals surface area contributed by atoms with E-state index in [1.807, 2.05) is 0 Å². The van der Waals surface area contributed by atoms with Crippen LogP contribution in [0.2, 0.25) is 0 Å². The zero-order valence-corrected chi connectivity index (χ0v) is 10.2. The molecule has 1 aromatic carbocycles. The number of carbonyl (C=O) groups excluding carboxylic acids is 1. The minimum Gasteiger partial charge on any atom is -0.492 e. The second-order valence-corrected chi connectivity index (χ2v) is 3.71. The smallest absolute Gasteiger partial charge is 0.275 e. The molecule has 0 bridgehead atoms. The summed E-state index contributed by atoms with van der Waals surface area (Å²) in [5, 5.41) is 2.72. The first kappa shape index (κ1) is 13.0. The number of amides is 1. The number of anilines is 1. The fourth-order valence-corrected chi connectivity index (χ4v) is 1.45. The predicted molar refractivity (Wildman–Crippen MR) is 71.0 cm³/mol. The summed E-state index contributed by atoms with van der Waals surface area (Å²) >= 11 is 0. The molecule has 0 aliphatic rings. The fourth-order valence-electron chi connectivity index (χ4n) is 1.45. The zero-order chi connectivity index (χ0) is 13.5. The van der Waals surface area contributed by atoms with Gasteiger partial charge in [0.05, 0.1) is 6.20 Å². The third-order valence-electron chi connectivity index (χ3n) is 2.27. The maximum Gasteiger partial charge on any atom is 0.275 e. The van der Waals surface area contributed by atoms with Gasteiger partial charge < -0.3 is 15.8 Å². The molecular formula is C13H14N4O2. The van der Waals surface area contributed by atoms with Crippen LogP contribution in [-0.2, 0) is 0 Å². The Balaban J connectivity index is 2.05. The van der Waals surface area contributed by atoms with Crippen molar-refractivity contribution < 1.29 is 9.53 Å². The number of hydrogen-bond donors (Lipinski definition) is 2. The number of hydrogen-bond acceptors (Lipinski definition) is 5. The fraction of sp³-hybridized carbons (Fsp3) is 0.154. The first-order valence-electron chi connectivity index (χ1n) is 5.80. The van der Waals surface area contributed by atoms with E-state index in [-0.39, 0.29) is 11.6 Å². The van der Waals surface area contributed by atoms with Gasteiger partial charge in [-0.05, 0) is 12.1 Å². The molecule has 0 atom stereocenters. The summed E-state index contributed by atoms with van der Waals surface area (Å²) in [6, 6.07) is 7.08. The van der Waals surface area contributed by atoms with Crippen LogP contribution in [0.3, 0.4) is 0 Å². The van der Waals surface area contributed by atoms with Gasteiger partial charge >= 0.3 is 0 Å². The highest BCUT2D eigenvalue weighted by atomic mass is 16.5. The van der Waals surface area contributed by atoms with Gasteiger partial charge in [0.1, 0.15) is 18.1 Å². The predicted octanol–water partition coefficient (Wildman–Crippen LogP) is 1.07. The topological polar surface area (TPSA) is 90.1 Å². The van der Waals surface area contributed by atoms with Crippen molar-refractivity contribution in [2.75, 3.05) is 18.5 Å². The Morgan fingerprint density at radius 1 is 1.37 bits per heavy atom. The molecule has 0 aliphatic carbocycles. The van der Waals surface area contributed by atoms with E-state index in [0.717, 1.165) is 0 Å².